The lowest BCUT2D eigenvalue weighted by Crippen LogP contribution is -2.48. The molecular formula is C17H22N2O5. The fourth-order valence-corrected chi connectivity index (χ4v) is 2.43. The van der Waals surface area contributed by atoms with Crippen LogP contribution in [0.2, 0.25) is 0 Å². The predicted octanol–water partition coefficient (Wildman–Crippen LogP) is 1.44. The van der Waals surface area contributed by atoms with Gasteiger partial charge in [0, 0.05) is 18.8 Å². The zero-order valence-corrected chi connectivity index (χ0v) is 13.9. The lowest BCUT2D eigenvalue weighted by molar-refractivity contribution is -0.154. The van der Waals surface area contributed by atoms with E-state index in [0.29, 0.717) is 37.6 Å². The molecule has 2 amide bonds. The molecule has 0 bridgehead atoms. The molecule has 0 unspecified atom stereocenters. The fourth-order valence-electron chi connectivity index (χ4n) is 2.43. The van der Waals surface area contributed by atoms with Gasteiger partial charge in [-0.2, -0.15) is 0 Å². The number of amides is 2. The Kier molecular flexibility index (Phi) is 6.31. The number of nitrogens with zero attached hydrogens (tertiary/aromatic N) is 1. The summed E-state index contributed by atoms with van der Waals surface area (Å²) in [6.07, 6.45) is -0.771. The third-order valence-electron chi connectivity index (χ3n) is 3.70. The van der Waals surface area contributed by atoms with E-state index in [1.807, 2.05) is 6.92 Å². The summed E-state index contributed by atoms with van der Waals surface area (Å²) in [5, 5.41) is 2.70. The van der Waals surface area contributed by atoms with Gasteiger partial charge in [-0.05, 0) is 38.1 Å². The number of rotatable bonds is 6. The molecule has 1 N–H and O–H groups in total. The Labute approximate surface area is 140 Å². The van der Waals surface area contributed by atoms with Gasteiger partial charge in [-0.25, -0.2) is 4.79 Å². The summed E-state index contributed by atoms with van der Waals surface area (Å²) in [7, 11) is 0. The Balaban J connectivity index is 1.90. The maximum Gasteiger partial charge on any atom is 0.338 e. The molecule has 7 nitrogen and oxygen atoms in total. The van der Waals surface area contributed by atoms with E-state index < -0.39 is 12.1 Å². The van der Waals surface area contributed by atoms with Crippen LogP contribution in [-0.2, 0) is 19.1 Å². The highest BCUT2D eigenvalue weighted by Crippen LogP contribution is 2.14. The van der Waals surface area contributed by atoms with Gasteiger partial charge in [-0.15, -0.1) is 0 Å². The number of carbonyl (C=O) groups excluding carboxylic acids is 3. The van der Waals surface area contributed by atoms with Crippen molar-refractivity contribution in [3.05, 3.63) is 29.8 Å². The first-order chi connectivity index (χ1) is 11.5. The van der Waals surface area contributed by atoms with E-state index in [4.69, 9.17) is 9.47 Å². The summed E-state index contributed by atoms with van der Waals surface area (Å²) in [6, 6.07) is 6.39. The van der Waals surface area contributed by atoms with Gasteiger partial charge < -0.3 is 19.7 Å². The number of anilines is 1. The number of morpholine rings is 1. The van der Waals surface area contributed by atoms with E-state index in [1.54, 1.807) is 36.1 Å². The Morgan fingerprint density at radius 3 is 2.62 bits per heavy atom. The molecule has 0 radical (unpaired) electrons. The summed E-state index contributed by atoms with van der Waals surface area (Å²) in [6.45, 7) is 5.54. The molecule has 1 aliphatic rings. The molecule has 0 aliphatic carbocycles. The number of nitrogens with one attached hydrogen (secondary N) is 1. The average molecular weight is 334 g/mol. The van der Waals surface area contributed by atoms with Gasteiger partial charge in [0.15, 0.2) is 0 Å². The second-order valence-corrected chi connectivity index (χ2v) is 5.33. The summed E-state index contributed by atoms with van der Waals surface area (Å²) in [5.74, 6) is -0.872. The molecule has 1 saturated heterocycles. The van der Waals surface area contributed by atoms with Gasteiger partial charge in [-0.3, -0.25) is 9.59 Å². The molecule has 0 saturated carbocycles. The molecule has 0 spiro atoms. The second kappa shape index (κ2) is 8.44. The van der Waals surface area contributed by atoms with Crippen LogP contribution >= 0.6 is 0 Å². The first kappa shape index (κ1) is 17.9. The van der Waals surface area contributed by atoms with Crippen molar-refractivity contribution < 1.29 is 23.9 Å². The monoisotopic (exact) mass is 334 g/mol. The number of benzene rings is 1. The Bertz CT molecular complexity index is 600. The summed E-state index contributed by atoms with van der Waals surface area (Å²) in [4.78, 5) is 37.4. The standard InChI is InChI=1S/C17H22N2O5/c1-3-19-9-10-24-14(16(19)21)11-15(20)18-13-7-5-12(6-8-13)17(22)23-4-2/h5-8,14H,3-4,9-11H2,1-2H3,(H,18,20)/t14-/m0/s1. The van der Waals surface area contributed by atoms with Gasteiger partial charge in [0.25, 0.3) is 5.91 Å². The van der Waals surface area contributed by atoms with Crippen molar-refractivity contribution in [2.24, 2.45) is 0 Å². The number of ether oxygens (including phenoxy) is 2. The Morgan fingerprint density at radius 1 is 1.29 bits per heavy atom. The van der Waals surface area contributed by atoms with Crippen LogP contribution in [0.15, 0.2) is 24.3 Å². The van der Waals surface area contributed by atoms with Crippen molar-refractivity contribution in [2.75, 3.05) is 31.6 Å². The number of esters is 1. The van der Waals surface area contributed by atoms with E-state index in [0.717, 1.165) is 0 Å². The molecule has 130 valence electrons. The van der Waals surface area contributed by atoms with E-state index >= 15 is 0 Å². The summed E-state index contributed by atoms with van der Waals surface area (Å²) < 4.78 is 10.3. The Morgan fingerprint density at radius 2 is 2.00 bits per heavy atom. The van der Waals surface area contributed by atoms with Crippen LogP contribution < -0.4 is 5.32 Å². The maximum atomic E-state index is 12.1. The van der Waals surface area contributed by atoms with Gasteiger partial charge in [0.2, 0.25) is 5.91 Å². The molecule has 1 aromatic rings. The molecule has 2 rings (SSSR count). The largest absolute Gasteiger partial charge is 0.462 e. The number of likely N-dealkylation sites (N-methyl/N-ethyl adjacent to an activating group) is 1. The SMILES string of the molecule is CCOC(=O)c1ccc(NC(=O)C[C@@H]2OCCN(CC)C2=O)cc1. The van der Waals surface area contributed by atoms with Crippen molar-refractivity contribution in [3.8, 4) is 0 Å². The Hall–Kier alpha value is -2.41. The summed E-state index contributed by atoms with van der Waals surface area (Å²) >= 11 is 0. The van der Waals surface area contributed by atoms with Gasteiger partial charge in [-0.1, -0.05) is 0 Å². The third kappa shape index (κ3) is 4.55. The van der Waals surface area contributed by atoms with Gasteiger partial charge in [0.05, 0.1) is 25.2 Å². The van der Waals surface area contributed by atoms with Crippen molar-refractivity contribution in [3.63, 3.8) is 0 Å². The number of hydrogen-bond donors (Lipinski definition) is 1. The molecule has 1 aromatic carbocycles. The second-order valence-electron chi connectivity index (χ2n) is 5.33. The molecule has 0 aromatic heterocycles. The normalized spacial score (nSPS) is 17.5. The highest BCUT2D eigenvalue weighted by molar-refractivity contribution is 5.96. The van der Waals surface area contributed by atoms with Crippen LogP contribution in [-0.4, -0.2) is 55.1 Å². The maximum absolute atomic E-state index is 12.1. The molecule has 1 aliphatic heterocycles. The predicted molar refractivity (Wildman–Crippen MR) is 87.6 cm³/mol. The smallest absolute Gasteiger partial charge is 0.338 e. The third-order valence-corrected chi connectivity index (χ3v) is 3.70. The van der Waals surface area contributed by atoms with Crippen LogP contribution in [0.25, 0.3) is 0 Å². The topological polar surface area (TPSA) is 84.9 Å². The average Bonchev–Trinajstić information content (AvgIpc) is 2.57. The zero-order valence-electron chi connectivity index (χ0n) is 13.9. The minimum Gasteiger partial charge on any atom is -0.462 e. The van der Waals surface area contributed by atoms with E-state index in [-0.39, 0.29) is 18.2 Å². The number of hydrogen-bond acceptors (Lipinski definition) is 5. The minimum absolute atomic E-state index is 0.0328. The van der Waals surface area contributed by atoms with Crippen LogP contribution in [0.1, 0.15) is 30.6 Å². The highest BCUT2D eigenvalue weighted by atomic mass is 16.5. The highest BCUT2D eigenvalue weighted by Gasteiger charge is 2.30. The summed E-state index contributed by atoms with van der Waals surface area (Å²) in [5.41, 5.74) is 0.961. The zero-order chi connectivity index (χ0) is 17.5. The molecule has 7 heteroatoms. The molecule has 1 heterocycles. The van der Waals surface area contributed by atoms with Crippen molar-refractivity contribution in [1.82, 2.24) is 4.90 Å². The number of carbonyl (C=O) groups is 3. The molecule has 1 atom stereocenters. The van der Waals surface area contributed by atoms with Crippen LogP contribution in [0.3, 0.4) is 0 Å². The van der Waals surface area contributed by atoms with Crippen molar-refractivity contribution in [2.45, 2.75) is 26.4 Å². The molecule has 1 fully saturated rings. The van der Waals surface area contributed by atoms with Crippen molar-refractivity contribution >= 4 is 23.5 Å². The van der Waals surface area contributed by atoms with E-state index in [1.165, 1.54) is 0 Å². The lowest BCUT2D eigenvalue weighted by Gasteiger charge is -2.31. The van der Waals surface area contributed by atoms with Gasteiger partial charge in [0.1, 0.15) is 6.10 Å². The van der Waals surface area contributed by atoms with Gasteiger partial charge >= 0.3 is 5.97 Å². The first-order valence-corrected chi connectivity index (χ1v) is 8.02. The van der Waals surface area contributed by atoms with Crippen LogP contribution in [0.4, 0.5) is 5.69 Å². The van der Waals surface area contributed by atoms with E-state index in [2.05, 4.69) is 5.32 Å². The first-order valence-electron chi connectivity index (χ1n) is 8.02. The minimum atomic E-state index is -0.738. The van der Waals surface area contributed by atoms with Crippen LogP contribution in [0, 0.1) is 0 Å². The van der Waals surface area contributed by atoms with Crippen molar-refractivity contribution in [1.29, 1.82) is 0 Å². The van der Waals surface area contributed by atoms with E-state index in [9.17, 15) is 14.4 Å². The quantitative estimate of drug-likeness (QED) is 0.796. The lowest BCUT2D eigenvalue weighted by atomic mass is 10.1. The van der Waals surface area contributed by atoms with Crippen LogP contribution in [0.5, 0.6) is 0 Å². The fraction of sp³-hybridized carbons (Fsp3) is 0.471. The molecule has 24 heavy (non-hydrogen) atoms. The molecular weight excluding hydrogens is 312 g/mol.